The number of aryl methyl sites for hydroxylation is 2. The Kier molecular flexibility index (Phi) is 5.47. The molecule has 0 fully saturated rings. The van der Waals surface area contributed by atoms with Gasteiger partial charge in [0.25, 0.3) is 0 Å². The molecule has 2 heterocycles. The molecule has 0 N–H and O–H groups in total. The summed E-state index contributed by atoms with van der Waals surface area (Å²) in [7, 11) is 0. The Balaban J connectivity index is 0.00000176. The second kappa shape index (κ2) is 6.98. The van der Waals surface area contributed by atoms with Crippen molar-refractivity contribution in [1.29, 1.82) is 0 Å². The van der Waals surface area contributed by atoms with Gasteiger partial charge in [0.1, 0.15) is 0 Å². The minimum absolute atomic E-state index is 0. The summed E-state index contributed by atoms with van der Waals surface area (Å²) in [5.41, 5.74) is 4.15. The number of aromatic carboxylic acids is 1. The number of rotatable bonds is 2. The molecule has 3 aromatic rings. The van der Waals surface area contributed by atoms with E-state index in [1.165, 1.54) is 0 Å². The maximum absolute atomic E-state index is 11.5. The molecule has 0 bridgehead atoms. The van der Waals surface area contributed by atoms with Crippen LogP contribution in [-0.2, 0) is 0 Å². The number of hydrogen-bond acceptors (Lipinski definition) is 4. The van der Waals surface area contributed by atoms with Crippen LogP contribution in [0.15, 0.2) is 42.7 Å². The molecule has 22 heavy (non-hydrogen) atoms. The molecular formula is C17H13KN2O2. The van der Waals surface area contributed by atoms with E-state index in [2.05, 4.69) is 9.97 Å². The molecule has 2 aromatic heterocycles. The summed E-state index contributed by atoms with van der Waals surface area (Å²) < 4.78 is 0. The number of carboxylic acid groups (broad SMARTS) is 1. The third-order valence-electron chi connectivity index (χ3n) is 3.43. The Morgan fingerprint density at radius 2 is 1.95 bits per heavy atom. The molecule has 0 aliphatic heterocycles. The Labute approximate surface area is 171 Å². The van der Waals surface area contributed by atoms with Gasteiger partial charge in [0, 0.05) is 28.9 Å². The van der Waals surface area contributed by atoms with Crippen LogP contribution in [0.1, 0.15) is 21.5 Å². The fourth-order valence-electron chi connectivity index (χ4n) is 2.51. The number of carbonyl (C=O) groups is 1. The van der Waals surface area contributed by atoms with Crippen molar-refractivity contribution in [2.75, 3.05) is 0 Å². The molecule has 0 saturated carbocycles. The normalized spacial score (nSPS) is 10.3. The number of pyridine rings is 2. The smallest absolute Gasteiger partial charge is 0.545 e. The van der Waals surface area contributed by atoms with Crippen LogP contribution in [0.25, 0.3) is 22.2 Å². The molecule has 104 valence electrons. The van der Waals surface area contributed by atoms with Gasteiger partial charge in [-0.1, -0.05) is 11.6 Å². The van der Waals surface area contributed by atoms with Gasteiger partial charge in [0.2, 0.25) is 0 Å². The Bertz CT molecular complexity index is 848. The molecular weight excluding hydrogens is 303 g/mol. The van der Waals surface area contributed by atoms with Gasteiger partial charge in [-0.3, -0.25) is 4.98 Å². The first-order valence-corrected chi connectivity index (χ1v) is 6.60. The molecule has 5 heteroatoms. The molecule has 3 rings (SSSR count). The van der Waals surface area contributed by atoms with Gasteiger partial charge in [0.05, 0.1) is 17.2 Å². The second-order valence-corrected chi connectivity index (χ2v) is 5.06. The van der Waals surface area contributed by atoms with E-state index in [9.17, 15) is 9.90 Å². The number of fused-ring (bicyclic) bond motifs is 1. The fraction of sp³-hybridized carbons (Fsp3) is 0.118. The zero-order valence-corrected chi connectivity index (χ0v) is 15.9. The summed E-state index contributed by atoms with van der Waals surface area (Å²) >= 11 is 0. The number of benzene rings is 1. The Morgan fingerprint density at radius 1 is 1.18 bits per heavy atom. The van der Waals surface area contributed by atoms with E-state index < -0.39 is 5.97 Å². The first-order chi connectivity index (χ1) is 10.1. The van der Waals surface area contributed by atoms with Gasteiger partial charge in [-0.25, -0.2) is 4.98 Å². The Hall–Kier alpha value is -1.11. The van der Waals surface area contributed by atoms with Crippen LogP contribution in [0.5, 0.6) is 0 Å². The summed E-state index contributed by atoms with van der Waals surface area (Å²) in [5.74, 6) is -1.20. The number of aromatic nitrogens is 2. The molecule has 0 amide bonds. The average Bonchev–Trinajstić information content (AvgIpc) is 2.47. The van der Waals surface area contributed by atoms with Gasteiger partial charge in [-0.2, -0.15) is 0 Å². The number of nitrogens with zero attached hydrogens (tertiary/aromatic N) is 2. The SMILES string of the molecule is Cc1cc(C)c2nc(-c3cccnc3)cc(C(=O)[O-])c2c1.[K+]. The topological polar surface area (TPSA) is 65.9 Å². The van der Waals surface area contributed by atoms with Gasteiger partial charge in [-0.15, -0.1) is 0 Å². The first-order valence-electron chi connectivity index (χ1n) is 6.60. The van der Waals surface area contributed by atoms with Crippen molar-refractivity contribution in [2.45, 2.75) is 13.8 Å². The molecule has 0 spiro atoms. The zero-order valence-electron chi connectivity index (χ0n) is 12.8. The summed E-state index contributed by atoms with van der Waals surface area (Å²) in [6.07, 6.45) is 3.33. The molecule has 4 nitrogen and oxygen atoms in total. The van der Waals surface area contributed by atoms with Crippen LogP contribution >= 0.6 is 0 Å². The largest absolute Gasteiger partial charge is 1.00 e. The van der Waals surface area contributed by atoms with Crippen LogP contribution in [-0.4, -0.2) is 15.9 Å². The predicted molar refractivity (Wildman–Crippen MR) is 78.8 cm³/mol. The van der Waals surface area contributed by atoms with Crippen LogP contribution in [0.4, 0.5) is 0 Å². The molecule has 0 saturated heterocycles. The Morgan fingerprint density at radius 3 is 2.59 bits per heavy atom. The molecule has 0 unspecified atom stereocenters. The van der Waals surface area contributed by atoms with Gasteiger partial charge in [0.15, 0.2) is 0 Å². The van der Waals surface area contributed by atoms with E-state index >= 15 is 0 Å². The van der Waals surface area contributed by atoms with Crippen molar-refractivity contribution >= 4 is 16.9 Å². The zero-order chi connectivity index (χ0) is 15.0. The van der Waals surface area contributed by atoms with Gasteiger partial charge in [-0.05, 0) is 43.7 Å². The van der Waals surface area contributed by atoms with Crippen molar-refractivity contribution in [2.24, 2.45) is 0 Å². The van der Waals surface area contributed by atoms with E-state index in [4.69, 9.17) is 0 Å². The summed E-state index contributed by atoms with van der Waals surface area (Å²) in [5, 5.41) is 12.1. The van der Waals surface area contributed by atoms with Crippen LogP contribution < -0.4 is 56.5 Å². The van der Waals surface area contributed by atoms with Gasteiger partial charge >= 0.3 is 51.4 Å². The van der Waals surface area contributed by atoms with E-state index in [1.807, 2.05) is 32.0 Å². The van der Waals surface area contributed by atoms with Gasteiger partial charge < -0.3 is 9.90 Å². The van der Waals surface area contributed by atoms with Crippen molar-refractivity contribution in [3.63, 3.8) is 0 Å². The minimum Gasteiger partial charge on any atom is -0.545 e. The molecule has 0 atom stereocenters. The third kappa shape index (κ3) is 3.29. The van der Waals surface area contributed by atoms with Crippen LogP contribution in [0.3, 0.4) is 0 Å². The van der Waals surface area contributed by atoms with E-state index in [0.29, 0.717) is 16.6 Å². The van der Waals surface area contributed by atoms with E-state index in [-0.39, 0.29) is 56.9 Å². The molecule has 0 radical (unpaired) electrons. The summed E-state index contributed by atoms with van der Waals surface area (Å²) in [6, 6.07) is 9.01. The first kappa shape index (κ1) is 17.2. The van der Waals surface area contributed by atoms with Crippen molar-refractivity contribution in [1.82, 2.24) is 9.97 Å². The van der Waals surface area contributed by atoms with Crippen LogP contribution in [0.2, 0.25) is 0 Å². The minimum atomic E-state index is -1.20. The molecule has 0 aliphatic rings. The molecule has 1 aromatic carbocycles. The monoisotopic (exact) mass is 316 g/mol. The fourth-order valence-corrected chi connectivity index (χ4v) is 2.51. The van der Waals surface area contributed by atoms with Crippen molar-refractivity contribution in [3.05, 3.63) is 59.4 Å². The quantitative estimate of drug-likeness (QED) is 0.585. The molecule has 0 aliphatic carbocycles. The summed E-state index contributed by atoms with van der Waals surface area (Å²) in [6.45, 7) is 3.86. The maximum Gasteiger partial charge on any atom is 1.00 e. The van der Waals surface area contributed by atoms with Crippen LogP contribution in [0, 0.1) is 13.8 Å². The maximum atomic E-state index is 11.5. The number of carbonyl (C=O) groups excluding carboxylic acids is 1. The second-order valence-electron chi connectivity index (χ2n) is 5.06. The van der Waals surface area contributed by atoms with Crippen molar-refractivity contribution in [3.8, 4) is 11.3 Å². The predicted octanol–water partition coefficient (Wildman–Crippen LogP) is -0.719. The summed E-state index contributed by atoms with van der Waals surface area (Å²) in [4.78, 5) is 20.1. The standard InChI is InChI=1S/C17H14N2O2.K/c1-10-6-11(2)16-13(7-10)14(17(20)21)8-15(19-16)12-4-3-5-18-9-12;/h3-9H,1-2H3,(H,20,21);/q;+1/p-1. The van der Waals surface area contributed by atoms with Crippen molar-refractivity contribution < 1.29 is 61.3 Å². The number of carboxylic acids is 1. The third-order valence-corrected chi connectivity index (χ3v) is 3.43. The average molecular weight is 316 g/mol. The number of hydrogen-bond donors (Lipinski definition) is 0. The van der Waals surface area contributed by atoms with E-state index in [1.54, 1.807) is 24.5 Å². The van der Waals surface area contributed by atoms with E-state index in [0.717, 1.165) is 16.7 Å².